The summed E-state index contributed by atoms with van der Waals surface area (Å²) in [5.74, 6) is 1.03. The third-order valence-electron chi connectivity index (χ3n) is 4.55. The van der Waals surface area contributed by atoms with Crippen molar-refractivity contribution in [1.29, 1.82) is 0 Å². The number of amides is 1. The molecule has 1 aromatic heterocycles. The molecule has 0 N–H and O–H groups in total. The van der Waals surface area contributed by atoms with Gasteiger partial charge in [0.05, 0.1) is 11.5 Å². The van der Waals surface area contributed by atoms with E-state index in [4.69, 9.17) is 4.74 Å². The summed E-state index contributed by atoms with van der Waals surface area (Å²) in [6.07, 6.45) is 2.95. The first-order valence-electron chi connectivity index (χ1n) is 8.35. The Morgan fingerprint density at radius 1 is 1.33 bits per heavy atom. The van der Waals surface area contributed by atoms with Crippen molar-refractivity contribution in [2.45, 2.75) is 26.2 Å². The number of halogens is 1. The van der Waals surface area contributed by atoms with Crippen LogP contribution in [0.2, 0.25) is 0 Å². The van der Waals surface area contributed by atoms with Crippen LogP contribution in [0.25, 0.3) is 0 Å². The average molecular weight is 347 g/mol. The van der Waals surface area contributed by atoms with Crippen molar-refractivity contribution >= 4 is 17.2 Å². The van der Waals surface area contributed by atoms with Crippen LogP contribution in [0.15, 0.2) is 35.7 Å². The van der Waals surface area contributed by atoms with Crippen molar-refractivity contribution in [2.24, 2.45) is 5.92 Å². The maximum atomic E-state index is 13.1. The van der Waals surface area contributed by atoms with Gasteiger partial charge >= 0.3 is 0 Å². The molecule has 3 rings (SSSR count). The van der Waals surface area contributed by atoms with Crippen LogP contribution < -0.4 is 4.74 Å². The molecule has 128 valence electrons. The van der Waals surface area contributed by atoms with E-state index in [9.17, 15) is 9.18 Å². The normalized spacial score (nSPS) is 15.5. The SMILES string of the molecule is Cc1ccsc1C(=O)N1CCC(CCOc2cccc(F)c2)CC1. The molecule has 3 nitrogen and oxygen atoms in total. The molecular weight excluding hydrogens is 325 g/mol. The van der Waals surface area contributed by atoms with Crippen LogP contribution in [0.1, 0.15) is 34.5 Å². The van der Waals surface area contributed by atoms with Crippen LogP contribution in [0.4, 0.5) is 4.39 Å². The summed E-state index contributed by atoms with van der Waals surface area (Å²) < 4.78 is 18.7. The van der Waals surface area contributed by atoms with E-state index in [1.54, 1.807) is 12.1 Å². The molecular formula is C19H22FNO2S. The van der Waals surface area contributed by atoms with Crippen LogP contribution in [0.3, 0.4) is 0 Å². The first-order valence-corrected chi connectivity index (χ1v) is 9.23. The van der Waals surface area contributed by atoms with E-state index in [0.29, 0.717) is 18.3 Å². The molecule has 2 aromatic rings. The fraction of sp³-hybridized carbons (Fsp3) is 0.421. The number of benzene rings is 1. The zero-order valence-electron chi connectivity index (χ0n) is 13.8. The minimum absolute atomic E-state index is 0.164. The lowest BCUT2D eigenvalue weighted by atomic mass is 9.94. The molecule has 24 heavy (non-hydrogen) atoms. The number of rotatable bonds is 5. The summed E-state index contributed by atoms with van der Waals surface area (Å²) in [6.45, 7) is 4.19. The Hall–Kier alpha value is -1.88. The third kappa shape index (κ3) is 4.15. The highest BCUT2D eigenvalue weighted by molar-refractivity contribution is 7.12. The van der Waals surface area contributed by atoms with Crippen LogP contribution in [0.5, 0.6) is 5.75 Å². The Bertz CT molecular complexity index is 692. The maximum absolute atomic E-state index is 13.1. The summed E-state index contributed by atoms with van der Waals surface area (Å²) in [5.41, 5.74) is 1.07. The van der Waals surface area contributed by atoms with Gasteiger partial charge in [0.1, 0.15) is 11.6 Å². The molecule has 1 amide bonds. The van der Waals surface area contributed by atoms with E-state index in [0.717, 1.165) is 42.8 Å². The van der Waals surface area contributed by atoms with E-state index in [-0.39, 0.29) is 11.7 Å². The van der Waals surface area contributed by atoms with E-state index in [1.165, 1.54) is 23.5 Å². The number of ether oxygens (including phenoxy) is 1. The first kappa shape index (κ1) is 17.0. The van der Waals surface area contributed by atoms with Crippen LogP contribution in [0, 0.1) is 18.7 Å². The maximum Gasteiger partial charge on any atom is 0.264 e. The third-order valence-corrected chi connectivity index (χ3v) is 5.55. The van der Waals surface area contributed by atoms with Crippen molar-refractivity contribution in [3.05, 3.63) is 52.0 Å². The molecule has 1 aliphatic heterocycles. The molecule has 2 heterocycles. The highest BCUT2D eigenvalue weighted by atomic mass is 32.1. The average Bonchev–Trinajstić information content (AvgIpc) is 3.01. The Morgan fingerprint density at radius 3 is 2.79 bits per heavy atom. The fourth-order valence-electron chi connectivity index (χ4n) is 3.06. The second-order valence-electron chi connectivity index (χ2n) is 6.26. The quantitative estimate of drug-likeness (QED) is 0.796. The molecule has 1 fully saturated rings. The number of piperidine rings is 1. The van der Waals surface area contributed by atoms with Crippen LogP contribution in [-0.4, -0.2) is 30.5 Å². The van der Waals surface area contributed by atoms with Gasteiger partial charge in [-0.25, -0.2) is 4.39 Å². The molecule has 0 atom stereocenters. The molecule has 0 saturated carbocycles. The van der Waals surface area contributed by atoms with E-state index in [2.05, 4.69) is 0 Å². The summed E-state index contributed by atoms with van der Waals surface area (Å²) in [4.78, 5) is 15.3. The summed E-state index contributed by atoms with van der Waals surface area (Å²) >= 11 is 1.52. The van der Waals surface area contributed by atoms with Gasteiger partial charge in [0.2, 0.25) is 0 Å². The number of nitrogens with zero attached hydrogens (tertiary/aromatic N) is 1. The molecule has 0 spiro atoms. The number of hydrogen-bond donors (Lipinski definition) is 0. The van der Waals surface area contributed by atoms with Gasteiger partial charge in [-0.1, -0.05) is 6.07 Å². The Labute approximate surface area is 146 Å². The van der Waals surface area contributed by atoms with Gasteiger partial charge in [0.25, 0.3) is 5.91 Å². The summed E-state index contributed by atoms with van der Waals surface area (Å²) in [6, 6.07) is 8.24. The fourth-order valence-corrected chi connectivity index (χ4v) is 3.95. The van der Waals surface area contributed by atoms with Crippen LogP contribution in [-0.2, 0) is 0 Å². The van der Waals surface area contributed by atoms with Crippen molar-refractivity contribution in [2.75, 3.05) is 19.7 Å². The molecule has 0 bridgehead atoms. The summed E-state index contributed by atoms with van der Waals surface area (Å²) in [7, 11) is 0. The number of aryl methyl sites for hydroxylation is 1. The molecule has 1 aliphatic rings. The Morgan fingerprint density at radius 2 is 2.12 bits per heavy atom. The van der Waals surface area contributed by atoms with Gasteiger partial charge in [0.15, 0.2) is 0 Å². The van der Waals surface area contributed by atoms with Crippen molar-refractivity contribution < 1.29 is 13.9 Å². The monoisotopic (exact) mass is 347 g/mol. The van der Waals surface area contributed by atoms with Crippen LogP contribution >= 0.6 is 11.3 Å². The Balaban J connectivity index is 1.42. The van der Waals surface area contributed by atoms with Gasteiger partial charge in [0, 0.05) is 19.2 Å². The van der Waals surface area contributed by atoms with Gasteiger partial charge < -0.3 is 9.64 Å². The highest BCUT2D eigenvalue weighted by Crippen LogP contribution is 2.25. The predicted octanol–water partition coefficient (Wildman–Crippen LogP) is 4.52. The largest absolute Gasteiger partial charge is 0.493 e. The lowest BCUT2D eigenvalue weighted by molar-refractivity contribution is 0.0684. The molecule has 0 unspecified atom stereocenters. The standard InChI is InChI=1S/C19H22FNO2S/c1-14-8-12-24-18(14)19(22)21-9-5-15(6-10-21)7-11-23-17-4-2-3-16(20)13-17/h2-4,8,12-13,15H,5-7,9-11H2,1H3. The molecule has 0 aliphatic carbocycles. The van der Waals surface area contributed by atoms with Gasteiger partial charge in [-0.15, -0.1) is 11.3 Å². The second-order valence-corrected chi connectivity index (χ2v) is 7.18. The minimum atomic E-state index is -0.275. The van der Waals surface area contributed by atoms with Crippen molar-refractivity contribution in [1.82, 2.24) is 4.90 Å². The van der Waals surface area contributed by atoms with Crippen molar-refractivity contribution in [3.63, 3.8) is 0 Å². The highest BCUT2D eigenvalue weighted by Gasteiger charge is 2.25. The minimum Gasteiger partial charge on any atom is -0.493 e. The number of likely N-dealkylation sites (tertiary alicyclic amines) is 1. The lowest BCUT2D eigenvalue weighted by Gasteiger charge is -2.32. The zero-order valence-corrected chi connectivity index (χ0v) is 14.7. The van der Waals surface area contributed by atoms with Gasteiger partial charge in [-0.3, -0.25) is 4.79 Å². The zero-order chi connectivity index (χ0) is 16.9. The molecule has 1 saturated heterocycles. The number of carbonyl (C=O) groups is 1. The molecule has 1 aromatic carbocycles. The van der Waals surface area contributed by atoms with Gasteiger partial charge in [-0.2, -0.15) is 0 Å². The second kappa shape index (κ2) is 7.79. The van der Waals surface area contributed by atoms with Gasteiger partial charge in [-0.05, 0) is 61.2 Å². The first-order chi connectivity index (χ1) is 11.6. The number of carbonyl (C=O) groups excluding carboxylic acids is 1. The lowest BCUT2D eigenvalue weighted by Crippen LogP contribution is -2.38. The topological polar surface area (TPSA) is 29.5 Å². The Kier molecular flexibility index (Phi) is 5.51. The van der Waals surface area contributed by atoms with E-state index in [1.807, 2.05) is 23.3 Å². The number of thiophene rings is 1. The van der Waals surface area contributed by atoms with Crippen molar-refractivity contribution in [3.8, 4) is 5.75 Å². The molecule has 5 heteroatoms. The molecule has 0 radical (unpaired) electrons. The predicted molar refractivity (Wildman–Crippen MR) is 94.2 cm³/mol. The number of hydrogen-bond acceptors (Lipinski definition) is 3. The smallest absolute Gasteiger partial charge is 0.264 e. The van der Waals surface area contributed by atoms with E-state index < -0.39 is 0 Å². The van der Waals surface area contributed by atoms with E-state index >= 15 is 0 Å². The summed E-state index contributed by atoms with van der Waals surface area (Å²) in [5, 5.41) is 1.97.